The molecule has 174 valence electrons. The zero-order valence-electron chi connectivity index (χ0n) is 18.6. The van der Waals surface area contributed by atoms with Crippen LogP contribution in [0.15, 0.2) is 47.9 Å². The molecule has 0 radical (unpaired) electrons. The highest BCUT2D eigenvalue weighted by molar-refractivity contribution is 7.95. The Morgan fingerprint density at radius 3 is 2.67 bits per heavy atom. The van der Waals surface area contributed by atoms with E-state index in [2.05, 4.69) is 11.3 Å². The van der Waals surface area contributed by atoms with Gasteiger partial charge in [0.1, 0.15) is 0 Å². The van der Waals surface area contributed by atoms with Crippen molar-refractivity contribution in [2.75, 3.05) is 4.72 Å². The van der Waals surface area contributed by atoms with E-state index in [-0.39, 0.29) is 5.92 Å². The molecule has 2 aliphatic rings. The lowest BCUT2D eigenvalue weighted by Gasteiger charge is -2.33. The Morgan fingerprint density at radius 1 is 1.30 bits per heavy atom. The van der Waals surface area contributed by atoms with Crippen molar-refractivity contribution >= 4 is 38.8 Å². The second-order valence-corrected chi connectivity index (χ2v) is 11.3. The Balaban J connectivity index is 1.88. The van der Waals surface area contributed by atoms with Gasteiger partial charge in [-0.25, -0.2) is 8.42 Å². The number of halogens is 1. The van der Waals surface area contributed by atoms with E-state index in [0.717, 1.165) is 52.5 Å². The van der Waals surface area contributed by atoms with Gasteiger partial charge >= 0.3 is 0 Å². The minimum atomic E-state index is -3.66. The minimum Gasteiger partial charge on any atom is -0.390 e. The first kappa shape index (κ1) is 23.5. The van der Waals surface area contributed by atoms with Gasteiger partial charge in [0.15, 0.2) is 0 Å². The number of carbonyl (C=O) groups excluding carboxylic acids is 1. The number of nitrogens with two attached hydrogens (primary N) is 1. The average molecular weight is 487 g/mol. The van der Waals surface area contributed by atoms with Crippen LogP contribution in [-0.4, -0.2) is 25.0 Å². The predicted molar refractivity (Wildman–Crippen MR) is 132 cm³/mol. The molecular formula is C25H27ClN2O4S. The van der Waals surface area contributed by atoms with Crippen LogP contribution in [0.2, 0.25) is 5.02 Å². The maximum atomic E-state index is 12.3. The zero-order valence-corrected chi connectivity index (χ0v) is 20.2. The molecule has 33 heavy (non-hydrogen) atoms. The van der Waals surface area contributed by atoms with Crippen molar-refractivity contribution in [2.24, 2.45) is 11.7 Å². The summed E-state index contributed by atoms with van der Waals surface area (Å²) in [7, 11) is -3.66. The standard InChI is InChI=1S/C25H27ClN2O4S/c1-4-33(31,32)28-17-7-5-6-14(11-17)22-21(26)13-20(24(27)29)19-12-15-10-16(25(2,3)30)8-9-18(15)23(19)22/h4-7,11,13,16,28,30H,1,8-10,12H2,2-3H3,(H2,27,29)/t16-/m0/s1. The number of amides is 1. The van der Waals surface area contributed by atoms with Crippen LogP contribution in [0.4, 0.5) is 5.69 Å². The highest BCUT2D eigenvalue weighted by Gasteiger charge is 2.37. The Hall–Kier alpha value is -2.61. The molecule has 8 heteroatoms. The number of hydrogen-bond acceptors (Lipinski definition) is 4. The van der Waals surface area contributed by atoms with Gasteiger partial charge in [0.2, 0.25) is 5.91 Å². The number of anilines is 1. The molecule has 1 amide bonds. The largest absolute Gasteiger partial charge is 0.390 e. The lowest BCUT2D eigenvalue weighted by molar-refractivity contribution is 0.0123. The van der Waals surface area contributed by atoms with Crippen LogP contribution in [-0.2, 0) is 16.4 Å². The van der Waals surface area contributed by atoms with E-state index >= 15 is 0 Å². The molecule has 6 nitrogen and oxygen atoms in total. The first-order valence-corrected chi connectivity index (χ1v) is 12.7. The first-order valence-electron chi connectivity index (χ1n) is 10.8. The van der Waals surface area contributed by atoms with Crippen LogP contribution >= 0.6 is 11.6 Å². The van der Waals surface area contributed by atoms with Crippen molar-refractivity contribution in [1.29, 1.82) is 0 Å². The molecule has 2 aliphatic carbocycles. The Labute approximate surface area is 199 Å². The topological polar surface area (TPSA) is 109 Å². The molecular weight excluding hydrogens is 460 g/mol. The molecule has 0 heterocycles. The van der Waals surface area contributed by atoms with Crippen molar-refractivity contribution in [1.82, 2.24) is 0 Å². The van der Waals surface area contributed by atoms with E-state index in [1.165, 1.54) is 5.57 Å². The molecule has 0 bridgehead atoms. The van der Waals surface area contributed by atoms with E-state index in [1.54, 1.807) is 24.3 Å². The molecule has 0 fully saturated rings. The number of hydrogen-bond donors (Lipinski definition) is 3. The highest BCUT2D eigenvalue weighted by Crippen LogP contribution is 2.51. The van der Waals surface area contributed by atoms with Gasteiger partial charge in [0.05, 0.1) is 5.60 Å². The van der Waals surface area contributed by atoms with E-state index in [4.69, 9.17) is 17.3 Å². The second kappa shape index (κ2) is 8.31. The number of benzene rings is 2. The van der Waals surface area contributed by atoms with Crippen molar-refractivity contribution in [3.63, 3.8) is 0 Å². The molecule has 0 saturated heterocycles. The second-order valence-electron chi connectivity index (χ2n) is 9.25. The predicted octanol–water partition coefficient (Wildman–Crippen LogP) is 4.87. The number of primary amides is 1. The van der Waals surface area contributed by atoms with Crippen molar-refractivity contribution in [3.8, 4) is 11.1 Å². The minimum absolute atomic E-state index is 0.123. The maximum Gasteiger partial charge on any atom is 0.254 e. The number of rotatable bonds is 6. The first-order chi connectivity index (χ1) is 15.4. The van der Waals surface area contributed by atoms with Gasteiger partial charge < -0.3 is 10.8 Å². The molecule has 2 aromatic carbocycles. The van der Waals surface area contributed by atoms with Crippen molar-refractivity contribution in [2.45, 2.75) is 45.1 Å². The van der Waals surface area contributed by atoms with E-state index in [1.807, 2.05) is 19.9 Å². The summed E-state index contributed by atoms with van der Waals surface area (Å²) in [6.45, 7) is 6.99. The normalized spacial score (nSPS) is 18.0. The van der Waals surface area contributed by atoms with Gasteiger partial charge in [-0.1, -0.05) is 35.9 Å². The Kier molecular flexibility index (Phi) is 5.93. The molecule has 0 spiro atoms. The lowest BCUT2D eigenvalue weighted by Crippen LogP contribution is -2.32. The molecule has 0 unspecified atom stereocenters. The van der Waals surface area contributed by atoms with Crippen LogP contribution in [0.5, 0.6) is 0 Å². The van der Waals surface area contributed by atoms with Gasteiger partial charge in [-0.3, -0.25) is 9.52 Å². The van der Waals surface area contributed by atoms with Crippen LogP contribution in [0.25, 0.3) is 16.7 Å². The van der Waals surface area contributed by atoms with Gasteiger partial charge in [-0.05, 0) is 85.9 Å². The summed E-state index contributed by atoms with van der Waals surface area (Å²) in [5.41, 5.74) is 11.3. The molecule has 0 saturated carbocycles. The van der Waals surface area contributed by atoms with Crippen molar-refractivity contribution in [3.05, 3.63) is 69.6 Å². The van der Waals surface area contributed by atoms with E-state index in [9.17, 15) is 18.3 Å². The van der Waals surface area contributed by atoms with Crippen LogP contribution in [0, 0.1) is 5.92 Å². The number of fused-ring (bicyclic) bond motifs is 2. The van der Waals surface area contributed by atoms with Crippen LogP contribution in [0.3, 0.4) is 0 Å². The third-order valence-electron chi connectivity index (χ3n) is 6.64. The van der Waals surface area contributed by atoms with Crippen LogP contribution < -0.4 is 10.5 Å². The van der Waals surface area contributed by atoms with E-state index < -0.39 is 21.5 Å². The Morgan fingerprint density at radius 2 is 2.03 bits per heavy atom. The monoisotopic (exact) mass is 486 g/mol. The molecule has 2 aromatic rings. The zero-order chi connectivity index (χ0) is 24.1. The molecule has 0 aromatic heterocycles. The third kappa shape index (κ3) is 4.45. The molecule has 4 rings (SSSR count). The Bertz CT molecular complexity index is 1310. The van der Waals surface area contributed by atoms with E-state index in [0.29, 0.717) is 22.7 Å². The van der Waals surface area contributed by atoms with Crippen LogP contribution in [0.1, 0.15) is 54.6 Å². The molecule has 1 atom stereocenters. The fourth-order valence-corrected chi connectivity index (χ4v) is 5.82. The number of carbonyl (C=O) groups is 1. The molecule has 0 aliphatic heterocycles. The van der Waals surface area contributed by atoms with Gasteiger partial charge in [0.25, 0.3) is 10.0 Å². The number of allylic oxidation sites excluding steroid dienone is 2. The number of aliphatic hydroxyl groups is 1. The average Bonchev–Trinajstić information content (AvgIpc) is 3.10. The fourth-order valence-electron chi connectivity index (χ4n) is 4.97. The summed E-state index contributed by atoms with van der Waals surface area (Å²) in [6.07, 6.45) is 2.90. The summed E-state index contributed by atoms with van der Waals surface area (Å²) >= 11 is 6.71. The van der Waals surface area contributed by atoms with Gasteiger partial charge in [0, 0.05) is 27.2 Å². The smallest absolute Gasteiger partial charge is 0.254 e. The third-order valence-corrected chi connectivity index (χ3v) is 7.89. The fraction of sp³-hybridized carbons (Fsp3) is 0.320. The molecule has 4 N–H and O–H groups in total. The quantitative estimate of drug-likeness (QED) is 0.540. The highest BCUT2D eigenvalue weighted by atomic mass is 35.5. The SMILES string of the molecule is C=CS(=O)(=O)Nc1cccc(-c2c(Cl)cc(C(N)=O)c3c2C2=C(C3)C[C@@H](C(C)(C)O)CC2)c1. The lowest BCUT2D eigenvalue weighted by atomic mass is 9.75. The maximum absolute atomic E-state index is 12.3. The summed E-state index contributed by atoms with van der Waals surface area (Å²) in [5.74, 6) is -0.413. The number of sulfonamides is 1. The van der Waals surface area contributed by atoms with Crippen molar-refractivity contribution < 1.29 is 18.3 Å². The summed E-state index contributed by atoms with van der Waals surface area (Å²) in [4.78, 5) is 12.3. The summed E-state index contributed by atoms with van der Waals surface area (Å²) in [5, 5.41) is 11.8. The summed E-state index contributed by atoms with van der Waals surface area (Å²) in [6, 6.07) is 8.57. The number of nitrogens with one attached hydrogen (secondary N) is 1. The summed E-state index contributed by atoms with van der Waals surface area (Å²) < 4.78 is 26.4. The van der Waals surface area contributed by atoms with Gasteiger partial charge in [-0.2, -0.15) is 0 Å². The van der Waals surface area contributed by atoms with Gasteiger partial charge in [-0.15, -0.1) is 0 Å².